The molecule has 122 valence electrons. The van der Waals surface area contributed by atoms with Crippen LogP contribution in [-0.2, 0) is 9.59 Å². The van der Waals surface area contributed by atoms with E-state index in [1.165, 1.54) is 11.8 Å². The Hall–Kier alpha value is -1.54. The van der Waals surface area contributed by atoms with E-state index in [0.717, 1.165) is 32.6 Å². The minimum absolute atomic E-state index is 0.0885. The predicted molar refractivity (Wildman–Crippen MR) is 85.9 cm³/mol. The molecule has 0 aromatic carbocycles. The second-order valence-electron chi connectivity index (χ2n) is 5.25. The van der Waals surface area contributed by atoms with E-state index < -0.39 is 0 Å². The molecule has 2 amide bonds. The number of anilines is 1. The van der Waals surface area contributed by atoms with Crippen LogP contribution >= 0.6 is 11.8 Å². The molecule has 1 unspecified atom stereocenters. The highest BCUT2D eigenvalue weighted by molar-refractivity contribution is 8.01. The molecule has 1 aliphatic heterocycles. The van der Waals surface area contributed by atoms with Gasteiger partial charge in [0.05, 0.1) is 11.0 Å². The first-order valence-corrected chi connectivity index (χ1v) is 8.45. The Kier molecular flexibility index (Phi) is 6.26. The molecule has 2 N–H and O–H groups in total. The molecule has 7 nitrogen and oxygen atoms in total. The van der Waals surface area contributed by atoms with Crippen LogP contribution < -0.4 is 10.6 Å². The van der Waals surface area contributed by atoms with Gasteiger partial charge in [0.2, 0.25) is 11.8 Å². The van der Waals surface area contributed by atoms with E-state index in [2.05, 4.69) is 15.8 Å². The largest absolute Gasteiger partial charge is 0.360 e. The number of amides is 2. The van der Waals surface area contributed by atoms with Gasteiger partial charge < -0.3 is 20.1 Å². The van der Waals surface area contributed by atoms with Crippen LogP contribution in [0.15, 0.2) is 10.6 Å². The van der Waals surface area contributed by atoms with Crippen molar-refractivity contribution in [1.29, 1.82) is 0 Å². The lowest BCUT2D eigenvalue weighted by atomic mass is 10.4. The third-order valence-electron chi connectivity index (χ3n) is 3.40. The van der Waals surface area contributed by atoms with E-state index in [1.54, 1.807) is 19.9 Å². The molecule has 0 radical (unpaired) electrons. The van der Waals surface area contributed by atoms with Crippen molar-refractivity contribution >= 4 is 29.4 Å². The monoisotopic (exact) mass is 326 g/mol. The molecular formula is C14H22N4O3S. The van der Waals surface area contributed by atoms with Crippen LogP contribution in [-0.4, -0.2) is 59.1 Å². The summed E-state index contributed by atoms with van der Waals surface area (Å²) in [5, 5.41) is 9.33. The molecule has 0 bridgehead atoms. The molecule has 0 saturated carbocycles. The summed E-state index contributed by atoms with van der Waals surface area (Å²) in [6.45, 7) is 6.84. The van der Waals surface area contributed by atoms with Crippen LogP contribution in [0.25, 0.3) is 0 Å². The van der Waals surface area contributed by atoms with E-state index in [0.29, 0.717) is 17.3 Å². The van der Waals surface area contributed by atoms with Gasteiger partial charge in [-0.2, -0.15) is 0 Å². The Morgan fingerprint density at radius 1 is 1.50 bits per heavy atom. The second kappa shape index (κ2) is 8.19. The summed E-state index contributed by atoms with van der Waals surface area (Å²) in [7, 11) is 0. The Bertz CT molecular complexity index is 512. The summed E-state index contributed by atoms with van der Waals surface area (Å²) in [4.78, 5) is 26.0. The van der Waals surface area contributed by atoms with Gasteiger partial charge in [-0.25, -0.2) is 0 Å². The van der Waals surface area contributed by atoms with Gasteiger partial charge in [0.15, 0.2) is 5.82 Å². The highest BCUT2D eigenvalue weighted by atomic mass is 32.2. The first-order valence-electron chi connectivity index (χ1n) is 7.40. The second-order valence-corrected chi connectivity index (χ2v) is 6.58. The Morgan fingerprint density at radius 3 is 3.05 bits per heavy atom. The van der Waals surface area contributed by atoms with E-state index >= 15 is 0 Å². The third-order valence-corrected chi connectivity index (χ3v) is 4.53. The van der Waals surface area contributed by atoms with Gasteiger partial charge >= 0.3 is 0 Å². The van der Waals surface area contributed by atoms with E-state index in [4.69, 9.17) is 4.52 Å². The van der Waals surface area contributed by atoms with Crippen molar-refractivity contribution in [3.05, 3.63) is 11.8 Å². The van der Waals surface area contributed by atoms with Crippen molar-refractivity contribution in [1.82, 2.24) is 15.4 Å². The number of thioether (sulfide) groups is 1. The minimum atomic E-state index is -0.328. The smallest absolute Gasteiger partial charge is 0.238 e. The normalized spacial score (nSPS) is 16.9. The summed E-state index contributed by atoms with van der Waals surface area (Å²) in [5.41, 5.74) is 0. The van der Waals surface area contributed by atoms with Gasteiger partial charge in [-0.15, -0.1) is 11.8 Å². The molecule has 1 saturated heterocycles. The molecule has 1 fully saturated rings. The molecular weight excluding hydrogens is 304 g/mol. The summed E-state index contributed by atoms with van der Waals surface area (Å²) in [6, 6.07) is 1.66. The molecule has 8 heteroatoms. The first-order chi connectivity index (χ1) is 10.6. The maximum Gasteiger partial charge on any atom is 0.238 e. The lowest BCUT2D eigenvalue weighted by Gasteiger charge is -2.20. The van der Waals surface area contributed by atoms with Crippen molar-refractivity contribution in [2.75, 3.05) is 37.2 Å². The lowest BCUT2D eigenvalue weighted by molar-refractivity contribution is -0.128. The van der Waals surface area contributed by atoms with Crippen LogP contribution in [0.4, 0.5) is 5.82 Å². The lowest BCUT2D eigenvalue weighted by Crippen LogP contribution is -2.36. The fourth-order valence-electron chi connectivity index (χ4n) is 2.11. The summed E-state index contributed by atoms with van der Waals surface area (Å²) in [6.07, 6.45) is 0.970. The number of aryl methyl sites for hydroxylation is 1. The summed E-state index contributed by atoms with van der Waals surface area (Å²) >= 11 is 1.34. The highest BCUT2D eigenvalue weighted by Gasteiger charge is 2.20. The summed E-state index contributed by atoms with van der Waals surface area (Å²) in [5.74, 6) is 1.27. The molecule has 0 aliphatic carbocycles. The first kappa shape index (κ1) is 16.8. The summed E-state index contributed by atoms with van der Waals surface area (Å²) < 4.78 is 4.90. The van der Waals surface area contributed by atoms with Crippen molar-refractivity contribution in [2.45, 2.75) is 25.5 Å². The van der Waals surface area contributed by atoms with Crippen molar-refractivity contribution < 1.29 is 14.1 Å². The fraction of sp³-hybridized carbons (Fsp3) is 0.643. The van der Waals surface area contributed by atoms with Gasteiger partial charge in [-0.1, -0.05) is 5.16 Å². The third kappa shape index (κ3) is 5.03. The van der Waals surface area contributed by atoms with Crippen LogP contribution in [0.5, 0.6) is 0 Å². The Labute approximate surface area is 134 Å². The van der Waals surface area contributed by atoms with Crippen molar-refractivity contribution in [2.24, 2.45) is 0 Å². The maximum atomic E-state index is 12.2. The molecule has 2 heterocycles. The zero-order valence-corrected chi connectivity index (χ0v) is 13.7. The number of hydrogen-bond donors (Lipinski definition) is 2. The number of rotatable bonds is 5. The number of hydrogen-bond acceptors (Lipinski definition) is 6. The van der Waals surface area contributed by atoms with Gasteiger partial charge in [0.25, 0.3) is 0 Å². The van der Waals surface area contributed by atoms with Crippen molar-refractivity contribution in [3.63, 3.8) is 0 Å². The number of nitrogens with one attached hydrogen (secondary N) is 2. The van der Waals surface area contributed by atoms with Gasteiger partial charge in [0, 0.05) is 25.7 Å². The SMILES string of the molecule is Cc1cc(NC(=O)C(C)SCC(=O)N2CCCNCC2)no1. The molecule has 22 heavy (non-hydrogen) atoms. The zero-order chi connectivity index (χ0) is 15.9. The standard InChI is InChI=1S/C14H22N4O3S/c1-10-8-12(17-21-10)16-14(20)11(2)22-9-13(19)18-6-3-4-15-5-7-18/h8,11,15H,3-7,9H2,1-2H3,(H,16,17,20). The van der Waals surface area contributed by atoms with Gasteiger partial charge in [0.1, 0.15) is 5.76 Å². The number of aromatic nitrogens is 1. The average Bonchev–Trinajstić information content (AvgIpc) is 2.76. The zero-order valence-electron chi connectivity index (χ0n) is 12.9. The Balaban J connectivity index is 1.75. The van der Waals surface area contributed by atoms with E-state index in [9.17, 15) is 9.59 Å². The fourth-order valence-corrected chi connectivity index (χ4v) is 2.90. The van der Waals surface area contributed by atoms with Gasteiger partial charge in [-0.05, 0) is 26.8 Å². The van der Waals surface area contributed by atoms with Crippen LogP contribution in [0.2, 0.25) is 0 Å². The topological polar surface area (TPSA) is 87.5 Å². The maximum absolute atomic E-state index is 12.2. The van der Waals surface area contributed by atoms with Crippen LogP contribution in [0, 0.1) is 6.92 Å². The Morgan fingerprint density at radius 2 is 2.32 bits per heavy atom. The molecule has 2 rings (SSSR count). The van der Waals surface area contributed by atoms with Crippen LogP contribution in [0.3, 0.4) is 0 Å². The molecule has 0 spiro atoms. The predicted octanol–water partition coefficient (Wildman–Crippen LogP) is 0.865. The highest BCUT2D eigenvalue weighted by Crippen LogP contribution is 2.15. The molecule has 1 aromatic rings. The quantitative estimate of drug-likeness (QED) is 0.835. The molecule has 1 atom stereocenters. The number of carbonyl (C=O) groups excluding carboxylic acids is 2. The average molecular weight is 326 g/mol. The molecule has 1 aliphatic rings. The number of nitrogens with zero attached hydrogens (tertiary/aromatic N) is 2. The van der Waals surface area contributed by atoms with Crippen molar-refractivity contribution in [3.8, 4) is 0 Å². The van der Waals surface area contributed by atoms with Crippen LogP contribution in [0.1, 0.15) is 19.1 Å². The number of carbonyl (C=O) groups is 2. The minimum Gasteiger partial charge on any atom is -0.360 e. The van der Waals surface area contributed by atoms with E-state index in [-0.39, 0.29) is 17.1 Å². The van der Waals surface area contributed by atoms with Gasteiger partial charge in [-0.3, -0.25) is 9.59 Å². The molecule has 1 aromatic heterocycles. The van der Waals surface area contributed by atoms with E-state index in [1.807, 2.05) is 4.90 Å².